The summed E-state index contributed by atoms with van der Waals surface area (Å²) in [5, 5.41) is 5.70. The van der Waals surface area contributed by atoms with E-state index in [9.17, 15) is 18.8 Å². The molecule has 2 heterocycles. The Morgan fingerprint density at radius 3 is 2.55 bits per heavy atom. The van der Waals surface area contributed by atoms with Gasteiger partial charge in [0.1, 0.15) is 11.9 Å². The summed E-state index contributed by atoms with van der Waals surface area (Å²) in [5.74, 6) is -1.25. The molecule has 0 bridgehead atoms. The Hall–Kier alpha value is -2.48. The number of likely N-dealkylation sites (tertiary alicyclic amines) is 1. The summed E-state index contributed by atoms with van der Waals surface area (Å²) >= 11 is 0. The molecule has 170 valence electrons. The molecule has 2 N–H and O–H groups in total. The summed E-state index contributed by atoms with van der Waals surface area (Å²) in [5.41, 5.74) is -0.596. The Balaban J connectivity index is 1.69. The van der Waals surface area contributed by atoms with E-state index in [1.54, 1.807) is 24.0 Å². The minimum atomic E-state index is -0.648. The standard InChI is InChI=1S/C23H32FN3O4/c1-17-20(28)25-12-6-16-31-15-5-4-9-23(22(30)26-17)10-13-27(14-11-23)21(29)18-7-2-3-8-19(18)24/h2-3,7-8,17H,4-6,9-16H2,1H3,(H,25,28)(H,26,30)/t17-/m0/s1. The zero-order chi connectivity index (χ0) is 22.3. The normalized spacial score (nSPS) is 23.5. The molecule has 2 aliphatic rings. The molecule has 2 fully saturated rings. The van der Waals surface area contributed by atoms with Crippen LogP contribution in [0.25, 0.3) is 0 Å². The van der Waals surface area contributed by atoms with E-state index in [0.29, 0.717) is 52.1 Å². The first-order valence-corrected chi connectivity index (χ1v) is 11.1. The van der Waals surface area contributed by atoms with E-state index in [1.807, 2.05) is 0 Å². The van der Waals surface area contributed by atoms with E-state index in [0.717, 1.165) is 19.3 Å². The Morgan fingerprint density at radius 2 is 1.81 bits per heavy atom. The van der Waals surface area contributed by atoms with Crippen molar-refractivity contribution in [2.45, 2.75) is 51.5 Å². The third-order valence-electron chi connectivity index (χ3n) is 6.29. The third kappa shape index (κ3) is 5.81. The minimum absolute atomic E-state index is 0.0522. The lowest BCUT2D eigenvalue weighted by atomic mass is 9.73. The van der Waals surface area contributed by atoms with Crippen molar-refractivity contribution >= 4 is 17.7 Å². The predicted octanol–water partition coefficient (Wildman–Crippen LogP) is 2.26. The fourth-order valence-electron chi connectivity index (χ4n) is 4.26. The van der Waals surface area contributed by atoms with Crippen LogP contribution in [0.4, 0.5) is 4.39 Å². The van der Waals surface area contributed by atoms with Crippen LogP contribution in [0.5, 0.6) is 0 Å². The van der Waals surface area contributed by atoms with Crippen LogP contribution in [0.15, 0.2) is 24.3 Å². The molecule has 0 unspecified atom stereocenters. The first-order chi connectivity index (χ1) is 14.9. The van der Waals surface area contributed by atoms with E-state index >= 15 is 0 Å². The molecular weight excluding hydrogens is 401 g/mol. The number of benzene rings is 1. The molecule has 2 aliphatic heterocycles. The number of ether oxygens (including phenoxy) is 1. The van der Waals surface area contributed by atoms with Gasteiger partial charge in [-0.3, -0.25) is 14.4 Å². The van der Waals surface area contributed by atoms with Gasteiger partial charge in [0.25, 0.3) is 5.91 Å². The number of nitrogens with zero attached hydrogens (tertiary/aromatic N) is 1. The summed E-state index contributed by atoms with van der Waals surface area (Å²) in [4.78, 5) is 39.9. The van der Waals surface area contributed by atoms with Crippen molar-refractivity contribution in [1.29, 1.82) is 0 Å². The van der Waals surface area contributed by atoms with Crippen LogP contribution in [0.3, 0.4) is 0 Å². The van der Waals surface area contributed by atoms with Crippen LogP contribution in [0.1, 0.15) is 55.8 Å². The van der Waals surface area contributed by atoms with Gasteiger partial charge in [-0.05, 0) is 51.2 Å². The van der Waals surface area contributed by atoms with E-state index < -0.39 is 17.3 Å². The molecule has 1 spiro atoms. The maximum Gasteiger partial charge on any atom is 0.256 e. The first-order valence-electron chi connectivity index (χ1n) is 11.1. The maximum atomic E-state index is 14.0. The van der Waals surface area contributed by atoms with Crippen LogP contribution in [-0.4, -0.2) is 61.5 Å². The van der Waals surface area contributed by atoms with E-state index in [2.05, 4.69) is 10.6 Å². The Labute approximate surface area is 182 Å². The summed E-state index contributed by atoms with van der Waals surface area (Å²) in [6, 6.07) is 5.32. The number of carbonyl (C=O) groups excluding carboxylic acids is 3. The van der Waals surface area contributed by atoms with Crippen molar-refractivity contribution in [2.24, 2.45) is 5.41 Å². The van der Waals surface area contributed by atoms with E-state index in [-0.39, 0.29) is 23.3 Å². The molecule has 0 aromatic heterocycles. The molecular formula is C23H32FN3O4. The molecule has 0 radical (unpaired) electrons. The Bertz CT molecular complexity index is 793. The number of hydrogen-bond donors (Lipinski definition) is 2. The van der Waals surface area contributed by atoms with Crippen molar-refractivity contribution in [3.63, 3.8) is 0 Å². The van der Waals surface area contributed by atoms with Crippen LogP contribution in [0.2, 0.25) is 0 Å². The fraction of sp³-hybridized carbons (Fsp3) is 0.609. The molecule has 2 saturated heterocycles. The molecule has 8 heteroatoms. The van der Waals surface area contributed by atoms with Crippen LogP contribution >= 0.6 is 0 Å². The van der Waals surface area contributed by atoms with E-state index in [4.69, 9.17) is 4.74 Å². The lowest BCUT2D eigenvalue weighted by Crippen LogP contribution is -2.54. The van der Waals surface area contributed by atoms with Gasteiger partial charge < -0.3 is 20.3 Å². The van der Waals surface area contributed by atoms with Gasteiger partial charge in [-0.1, -0.05) is 18.6 Å². The van der Waals surface area contributed by atoms with Crippen molar-refractivity contribution in [3.05, 3.63) is 35.6 Å². The number of hydrogen-bond acceptors (Lipinski definition) is 4. The smallest absolute Gasteiger partial charge is 0.256 e. The monoisotopic (exact) mass is 433 g/mol. The number of amides is 3. The van der Waals surface area contributed by atoms with E-state index in [1.165, 1.54) is 12.1 Å². The topological polar surface area (TPSA) is 87.7 Å². The van der Waals surface area contributed by atoms with Crippen molar-refractivity contribution in [1.82, 2.24) is 15.5 Å². The van der Waals surface area contributed by atoms with Gasteiger partial charge in [0.15, 0.2) is 0 Å². The van der Waals surface area contributed by atoms with Gasteiger partial charge in [-0.2, -0.15) is 0 Å². The van der Waals surface area contributed by atoms with Crippen molar-refractivity contribution in [3.8, 4) is 0 Å². The van der Waals surface area contributed by atoms with Gasteiger partial charge in [0.05, 0.1) is 11.0 Å². The van der Waals surface area contributed by atoms with Gasteiger partial charge in [0, 0.05) is 32.8 Å². The fourth-order valence-corrected chi connectivity index (χ4v) is 4.26. The summed E-state index contributed by atoms with van der Waals surface area (Å²) < 4.78 is 19.7. The lowest BCUT2D eigenvalue weighted by Gasteiger charge is -2.41. The molecule has 31 heavy (non-hydrogen) atoms. The van der Waals surface area contributed by atoms with Crippen molar-refractivity contribution < 1.29 is 23.5 Å². The van der Waals surface area contributed by atoms with Gasteiger partial charge in [-0.15, -0.1) is 0 Å². The predicted molar refractivity (Wildman–Crippen MR) is 114 cm³/mol. The molecule has 1 atom stereocenters. The highest BCUT2D eigenvalue weighted by molar-refractivity contribution is 5.95. The number of piperidine rings is 1. The van der Waals surface area contributed by atoms with Crippen LogP contribution in [0, 0.1) is 11.2 Å². The second kappa shape index (κ2) is 10.7. The zero-order valence-corrected chi connectivity index (χ0v) is 18.1. The second-order valence-electron chi connectivity index (χ2n) is 8.46. The molecule has 3 rings (SSSR count). The second-order valence-corrected chi connectivity index (χ2v) is 8.46. The van der Waals surface area contributed by atoms with Crippen molar-refractivity contribution in [2.75, 3.05) is 32.8 Å². The van der Waals surface area contributed by atoms with Crippen LogP contribution in [-0.2, 0) is 14.3 Å². The maximum absolute atomic E-state index is 14.0. The lowest BCUT2D eigenvalue weighted by molar-refractivity contribution is -0.137. The SMILES string of the molecule is C[C@@H]1NC(=O)C2(CCCCOCCCNC1=O)CCN(C(=O)c1ccccc1F)CC2. The average molecular weight is 434 g/mol. The number of rotatable bonds is 1. The molecule has 1 aromatic carbocycles. The number of carbonyl (C=O) groups is 3. The first kappa shape index (κ1) is 23.2. The third-order valence-corrected chi connectivity index (χ3v) is 6.29. The summed E-state index contributed by atoms with van der Waals surface area (Å²) in [6.45, 7) is 4.16. The highest BCUT2D eigenvalue weighted by atomic mass is 19.1. The largest absolute Gasteiger partial charge is 0.381 e. The number of halogens is 1. The van der Waals surface area contributed by atoms with Gasteiger partial charge in [0.2, 0.25) is 11.8 Å². The quantitative estimate of drug-likeness (QED) is 0.711. The van der Waals surface area contributed by atoms with Gasteiger partial charge >= 0.3 is 0 Å². The molecule has 0 aliphatic carbocycles. The summed E-state index contributed by atoms with van der Waals surface area (Å²) in [7, 11) is 0. The van der Waals surface area contributed by atoms with Crippen LogP contribution < -0.4 is 10.6 Å². The molecule has 7 nitrogen and oxygen atoms in total. The minimum Gasteiger partial charge on any atom is -0.381 e. The zero-order valence-electron chi connectivity index (χ0n) is 18.1. The molecule has 1 aromatic rings. The highest BCUT2D eigenvalue weighted by Crippen LogP contribution is 2.37. The number of nitrogens with one attached hydrogen (secondary N) is 2. The molecule has 3 amide bonds. The highest BCUT2D eigenvalue weighted by Gasteiger charge is 2.42. The Kier molecular flexibility index (Phi) is 8.01. The van der Waals surface area contributed by atoms with Gasteiger partial charge in [-0.25, -0.2) is 4.39 Å². The summed E-state index contributed by atoms with van der Waals surface area (Å²) in [6.07, 6.45) is 4.05. The Morgan fingerprint density at radius 1 is 1.10 bits per heavy atom. The average Bonchev–Trinajstić information content (AvgIpc) is 2.77. The molecule has 0 saturated carbocycles.